The molecule has 7 heteroatoms. The molecule has 0 saturated carbocycles. The third-order valence-corrected chi connectivity index (χ3v) is 4.49. The molecule has 0 aliphatic carbocycles. The van der Waals surface area contributed by atoms with E-state index in [0.29, 0.717) is 18.5 Å². The Kier molecular flexibility index (Phi) is 6.20. The Hall–Kier alpha value is -1.83. The number of hydrogen-bond acceptors (Lipinski definition) is 5. The van der Waals surface area contributed by atoms with Crippen LogP contribution >= 0.6 is 11.8 Å². The summed E-state index contributed by atoms with van der Waals surface area (Å²) in [5.41, 5.74) is 5.55. The first-order chi connectivity index (χ1) is 11.1. The van der Waals surface area contributed by atoms with Gasteiger partial charge in [-0.15, -0.1) is 11.8 Å². The fourth-order valence-electron chi connectivity index (χ4n) is 2.35. The van der Waals surface area contributed by atoms with E-state index in [1.54, 1.807) is 22.4 Å². The van der Waals surface area contributed by atoms with Crippen LogP contribution in [0, 0.1) is 0 Å². The van der Waals surface area contributed by atoms with Gasteiger partial charge in [-0.3, -0.25) is 4.79 Å². The van der Waals surface area contributed by atoms with Crippen LogP contribution in [-0.2, 0) is 6.54 Å². The standard InChI is InChI=1S/C16H21N3O3S/c1-2-19-10-13(16(21)22)15(20)12-9-11(3-4-14(12)19)23-8-7-18-6-5-17/h3-4,9-10,18H,2,5-8,17H2,1H3,(H,21,22). The SMILES string of the molecule is CCn1cc(C(=O)O)c(=O)c2cc(SCCNCCN)ccc21. The fourth-order valence-corrected chi connectivity index (χ4v) is 3.20. The summed E-state index contributed by atoms with van der Waals surface area (Å²) in [5.74, 6) is -0.338. The Labute approximate surface area is 138 Å². The first-order valence-corrected chi connectivity index (χ1v) is 8.51. The number of thioether (sulfide) groups is 1. The number of carboxylic acids is 1. The number of nitrogens with one attached hydrogen (secondary N) is 1. The van der Waals surface area contributed by atoms with Crippen LogP contribution in [0.25, 0.3) is 10.9 Å². The molecule has 6 nitrogen and oxygen atoms in total. The maximum atomic E-state index is 12.4. The number of aromatic carboxylic acids is 1. The van der Waals surface area contributed by atoms with E-state index < -0.39 is 11.4 Å². The molecule has 0 amide bonds. The van der Waals surface area contributed by atoms with Crippen LogP contribution in [0.15, 0.2) is 34.1 Å². The summed E-state index contributed by atoms with van der Waals surface area (Å²) in [6.07, 6.45) is 1.41. The van der Waals surface area contributed by atoms with Crippen molar-refractivity contribution in [3.63, 3.8) is 0 Å². The van der Waals surface area contributed by atoms with Crippen LogP contribution in [-0.4, -0.2) is 41.0 Å². The largest absolute Gasteiger partial charge is 0.477 e. The number of fused-ring (bicyclic) bond motifs is 1. The molecule has 0 radical (unpaired) electrons. The Balaban J connectivity index is 2.32. The zero-order valence-electron chi connectivity index (χ0n) is 13.0. The van der Waals surface area contributed by atoms with E-state index in [2.05, 4.69) is 5.32 Å². The van der Waals surface area contributed by atoms with Crippen LogP contribution in [0.1, 0.15) is 17.3 Å². The summed E-state index contributed by atoms with van der Waals surface area (Å²) in [4.78, 5) is 24.6. The van der Waals surface area contributed by atoms with Crippen molar-refractivity contribution in [3.8, 4) is 0 Å². The molecule has 1 aromatic heterocycles. The van der Waals surface area contributed by atoms with Gasteiger partial charge in [0.2, 0.25) is 5.43 Å². The van der Waals surface area contributed by atoms with Crippen LogP contribution in [0.3, 0.4) is 0 Å². The lowest BCUT2D eigenvalue weighted by Crippen LogP contribution is -2.24. The molecule has 0 unspecified atom stereocenters. The Morgan fingerprint density at radius 2 is 2.17 bits per heavy atom. The zero-order chi connectivity index (χ0) is 16.8. The number of benzene rings is 1. The third-order valence-electron chi connectivity index (χ3n) is 3.49. The lowest BCUT2D eigenvalue weighted by atomic mass is 10.1. The lowest BCUT2D eigenvalue weighted by molar-refractivity contribution is 0.0695. The molecule has 2 rings (SSSR count). The highest BCUT2D eigenvalue weighted by atomic mass is 32.2. The van der Waals surface area contributed by atoms with Crippen molar-refractivity contribution >= 4 is 28.6 Å². The van der Waals surface area contributed by atoms with E-state index in [-0.39, 0.29) is 5.56 Å². The highest BCUT2D eigenvalue weighted by Gasteiger charge is 2.14. The van der Waals surface area contributed by atoms with Gasteiger partial charge >= 0.3 is 5.97 Å². The molecule has 0 spiro atoms. The predicted molar refractivity (Wildman–Crippen MR) is 93.5 cm³/mol. The number of nitrogens with two attached hydrogens (primary N) is 1. The van der Waals surface area contributed by atoms with E-state index in [1.165, 1.54) is 6.20 Å². The third kappa shape index (κ3) is 4.13. The molecule has 0 aliphatic heterocycles. The van der Waals surface area contributed by atoms with Gasteiger partial charge in [0, 0.05) is 48.4 Å². The van der Waals surface area contributed by atoms with Crippen molar-refractivity contribution in [2.45, 2.75) is 18.4 Å². The summed E-state index contributed by atoms with van der Waals surface area (Å²) in [5, 5.41) is 12.9. The van der Waals surface area contributed by atoms with E-state index >= 15 is 0 Å². The summed E-state index contributed by atoms with van der Waals surface area (Å²) in [6, 6.07) is 5.62. The normalized spacial score (nSPS) is 11.0. The van der Waals surface area contributed by atoms with Crippen molar-refractivity contribution in [2.75, 3.05) is 25.4 Å². The molecule has 23 heavy (non-hydrogen) atoms. The van der Waals surface area contributed by atoms with Crippen molar-refractivity contribution in [1.29, 1.82) is 0 Å². The molecule has 0 fully saturated rings. The van der Waals surface area contributed by atoms with Gasteiger partial charge in [0.25, 0.3) is 0 Å². The van der Waals surface area contributed by atoms with Gasteiger partial charge in [-0.05, 0) is 25.1 Å². The molecule has 2 aromatic rings. The Morgan fingerprint density at radius 1 is 1.39 bits per heavy atom. The number of nitrogens with zero attached hydrogens (tertiary/aromatic N) is 1. The summed E-state index contributed by atoms with van der Waals surface area (Å²) in [6.45, 7) is 4.73. The smallest absolute Gasteiger partial charge is 0.341 e. The van der Waals surface area contributed by atoms with Crippen molar-refractivity contribution in [1.82, 2.24) is 9.88 Å². The number of hydrogen-bond donors (Lipinski definition) is 3. The van der Waals surface area contributed by atoms with Crippen LogP contribution in [0.4, 0.5) is 0 Å². The molecule has 0 aliphatic rings. The van der Waals surface area contributed by atoms with Crippen molar-refractivity contribution in [2.24, 2.45) is 5.73 Å². The van der Waals surface area contributed by atoms with E-state index in [9.17, 15) is 14.7 Å². The van der Waals surface area contributed by atoms with Gasteiger partial charge in [0.05, 0.1) is 5.52 Å². The minimum atomic E-state index is -1.19. The average molecular weight is 335 g/mol. The predicted octanol–water partition coefficient (Wildman–Crippen LogP) is 1.36. The van der Waals surface area contributed by atoms with E-state index in [4.69, 9.17) is 5.73 Å². The average Bonchev–Trinajstić information content (AvgIpc) is 2.55. The highest BCUT2D eigenvalue weighted by Crippen LogP contribution is 2.22. The molecule has 4 N–H and O–H groups in total. The number of carboxylic acid groups (broad SMARTS) is 1. The second-order valence-corrected chi connectivity index (χ2v) is 6.20. The second kappa shape index (κ2) is 8.14. The van der Waals surface area contributed by atoms with Gasteiger partial charge in [-0.1, -0.05) is 0 Å². The molecule has 1 heterocycles. The van der Waals surface area contributed by atoms with Crippen molar-refractivity contribution < 1.29 is 9.90 Å². The topological polar surface area (TPSA) is 97.3 Å². The molecule has 1 aromatic carbocycles. The maximum absolute atomic E-state index is 12.4. The first-order valence-electron chi connectivity index (χ1n) is 7.52. The Morgan fingerprint density at radius 3 is 2.83 bits per heavy atom. The van der Waals surface area contributed by atoms with Gasteiger partial charge in [-0.2, -0.15) is 0 Å². The van der Waals surface area contributed by atoms with Gasteiger partial charge in [0.1, 0.15) is 5.56 Å². The van der Waals surface area contributed by atoms with Gasteiger partial charge < -0.3 is 20.7 Å². The maximum Gasteiger partial charge on any atom is 0.341 e. The van der Waals surface area contributed by atoms with E-state index in [0.717, 1.165) is 29.3 Å². The number of aromatic nitrogens is 1. The number of aryl methyl sites for hydroxylation is 1. The molecule has 0 atom stereocenters. The quantitative estimate of drug-likeness (QED) is 0.498. The summed E-state index contributed by atoms with van der Waals surface area (Å²) >= 11 is 1.62. The summed E-state index contributed by atoms with van der Waals surface area (Å²) < 4.78 is 1.79. The lowest BCUT2D eigenvalue weighted by Gasteiger charge is -2.11. The second-order valence-electron chi connectivity index (χ2n) is 5.03. The highest BCUT2D eigenvalue weighted by molar-refractivity contribution is 7.99. The molecular weight excluding hydrogens is 314 g/mol. The molecule has 0 saturated heterocycles. The number of rotatable bonds is 8. The molecule has 0 bridgehead atoms. The fraction of sp³-hybridized carbons (Fsp3) is 0.375. The zero-order valence-corrected chi connectivity index (χ0v) is 13.9. The van der Waals surface area contributed by atoms with Gasteiger partial charge in [-0.25, -0.2) is 4.79 Å². The number of carbonyl (C=O) groups is 1. The van der Waals surface area contributed by atoms with Crippen LogP contribution in [0.2, 0.25) is 0 Å². The van der Waals surface area contributed by atoms with Gasteiger partial charge in [0.15, 0.2) is 0 Å². The van der Waals surface area contributed by atoms with Crippen LogP contribution < -0.4 is 16.5 Å². The van der Waals surface area contributed by atoms with Crippen molar-refractivity contribution in [3.05, 3.63) is 40.2 Å². The molecular formula is C16H21N3O3S. The summed E-state index contributed by atoms with van der Waals surface area (Å²) in [7, 11) is 0. The minimum absolute atomic E-state index is 0.189. The Bertz CT molecular complexity index is 758. The van der Waals surface area contributed by atoms with E-state index in [1.807, 2.05) is 19.1 Å². The first kappa shape index (κ1) is 17.5. The molecule has 124 valence electrons. The monoisotopic (exact) mass is 335 g/mol. The van der Waals surface area contributed by atoms with Crippen LogP contribution in [0.5, 0.6) is 0 Å². The minimum Gasteiger partial charge on any atom is -0.477 e. The number of pyridine rings is 1.